The van der Waals surface area contributed by atoms with Crippen molar-refractivity contribution in [2.24, 2.45) is 11.8 Å². The van der Waals surface area contributed by atoms with Crippen LogP contribution in [0.25, 0.3) is 0 Å². The molecule has 1 fully saturated rings. The standard InChI is InChI=1S/C10H16/c1-3-5-6-10-7-9(4-2)8-10/h1,9-10H,4-8H2,2H3. The van der Waals surface area contributed by atoms with E-state index in [-0.39, 0.29) is 0 Å². The highest BCUT2D eigenvalue weighted by molar-refractivity contribution is 4.87. The van der Waals surface area contributed by atoms with Gasteiger partial charge in [0.15, 0.2) is 0 Å². The summed E-state index contributed by atoms with van der Waals surface area (Å²) in [4.78, 5) is 0. The van der Waals surface area contributed by atoms with Crippen molar-refractivity contribution in [3.63, 3.8) is 0 Å². The van der Waals surface area contributed by atoms with E-state index in [1.54, 1.807) is 0 Å². The zero-order chi connectivity index (χ0) is 7.40. The lowest BCUT2D eigenvalue weighted by Gasteiger charge is -2.34. The van der Waals surface area contributed by atoms with Crippen LogP contribution in [0.5, 0.6) is 0 Å². The quantitative estimate of drug-likeness (QED) is 0.523. The SMILES string of the molecule is C#CCCC1CC(CC)C1. The van der Waals surface area contributed by atoms with Crippen LogP contribution in [0.2, 0.25) is 0 Å². The largest absolute Gasteiger partial charge is 0.120 e. The van der Waals surface area contributed by atoms with E-state index in [4.69, 9.17) is 6.42 Å². The van der Waals surface area contributed by atoms with E-state index in [0.29, 0.717) is 0 Å². The lowest BCUT2D eigenvalue weighted by atomic mass is 9.72. The topological polar surface area (TPSA) is 0 Å². The van der Waals surface area contributed by atoms with Crippen LogP contribution in [0.4, 0.5) is 0 Å². The van der Waals surface area contributed by atoms with Crippen LogP contribution in [-0.2, 0) is 0 Å². The van der Waals surface area contributed by atoms with Crippen molar-refractivity contribution in [3.8, 4) is 12.3 Å². The first-order valence-electron chi connectivity index (χ1n) is 4.30. The second kappa shape index (κ2) is 3.66. The molecular weight excluding hydrogens is 120 g/mol. The fourth-order valence-corrected chi connectivity index (χ4v) is 1.73. The van der Waals surface area contributed by atoms with E-state index in [1.165, 1.54) is 25.7 Å². The lowest BCUT2D eigenvalue weighted by Crippen LogP contribution is -2.22. The van der Waals surface area contributed by atoms with Gasteiger partial charge < -0.3 is 0 Å². The molecule has 0 saturated heterocycles. The average molecular weight is 136 g/mol. The second-order valence-electron chi connectivity index (χ2n) is 3.35. The maximum absolute atomic E-state index is 5.17. The summed E-state index contributed by atoms with van der Waals surface area (Å²) in [6.07, 6.45) is 11.7. The molecule has 56 valence electrons. The van der Waals surface area contributed by atoms with Crippen LogP contribution < -0.4 is 0 Å². The lowest BCUT2D eigenvalue weighted by molar-refractivity contribution is 0.179. The first-order chi connectivity index (χ1) is 4.86. The van der Waals surface area contributed by atoms with Crippen LogP contribution in [0, 0.1) is 24.2 Å². The van der Waals surface area contributed by atoms with E-state index >= 15 is 0 Å². The molecule has 0 spiro atoms. The van der Waals surface area contributed by atoms with Gasteiger partial charge in [0.1, 0.15) is 0 Å². The molecule has 0 aromatic carbocycles. The summed E-state index contributed by atoms with van der Waals surface area (Å²) in [6, 6.07) is 0. The molecule has 0 heteroatoms. The highest BCUT2D eigenvalue weighted by Gasteiger charge is 2.26. The molecule has 0 aromatic rings. The van der Waals surface area contributed by atoms with Crippen molar-refractivity contribution >= 4 is 0 Å². The third-order valence-electron chi connectivity index (χ3n) is 2.61. The summed E-state index contributed by atoms with van der Waals surface area (Å²) in [5.74, 6) is 4.70. The minimum Gasteiger partial charge on any atom is -0.120 e. The predicted molar refractivity (Wildman–Crippen MR) is 44.6 cm³/mol. The Morgan fingerprint density at radius 3 is 2.60 bits per heavy atom. The fourth-order valence-electron chi connectivity index (χ4n) is 1.73. The number of terminal acetylenes is 1. The third-order valence-corrected chi connectivity index (χ3v) is 2.61. The third kappa shape index (κ3) is 1.77. The van der Waals surface area contributed by atoms with Crippen molar-refractivity contribution in [2.75, 3.05) is 0 Å². The van der Waals surface area contributed by atoms with E-state index in [0.717, 1.165) is 18.3 Å². The number of rotatable bonds is 3. The Morgan fingerprint density at radius 2 is 2.10 bits per heavy atom. The van der Waals surface area contributed by atoms with Gasteiger partial charge in [-0.25, -0.2) is 0 Å². The Labute approximate surface area is 64.0 Å². The molecule has 0 atom stereocenters. The Kier molecular flexibility index (Phi) is 2.81. The number of hydrogen-bond donors (Lipinski definition) is 0. The van der Waals surface area contributed by atoms with Crippen molar-refractivity contribution in [2.45, 2.75) is 39.0 Å². The minimum absolute atomic E-state index is 0.973. The van der Waals surface area contributed by atoms with Crippen LogP contribution in [0.1, 0.15) is 39.0 Å². The highest BCUT2D eigenvalue weighted by atomic mass is 14.3. The predicted octanol–water partition coefficient (Wildman–Crippen LogP) is 2.84. The molecule has 0 amide bonds. The van der Waals surface area contributed by atoms with Gasteiger partial charge in [-0.05, 0) is 31.1 Å². The van der Waals surface area contributed by atoms with Crippen molar-refractivity contribution in [3.05, 3.63) is 0 Å². The van der Waals surface area contributed by atoms with Gasteiger partial charge in [0, 0.05) is 6.42 Å². The normalized spacial score (nSPS) is 30.8. The Balaban J connectivity index is 1.99. The molecule has 1 aliphatic rings. The van der Waals surface area contributed by atoms with Gasteiger partial charge in [0.2, 0.25) is 0 Å². The van der Waals surface area contributed by atoms with Gasteiger partial charge in [-0.3, -0.25) is 0 Å². The molecule has 0 nitrogen and oxygen atoms in total. The van der Waals surface area contributed by atoms with E-state index in [1.807, 2.05) is 0 Å². The highest BCUT2D eigenvalue weighted by Crippen LogP contribution is 2.38. The Morgan fingerprint density at radius 1 is 1.40 bits per heavy atom. The summed E-state index contributed by atoms with van der Waals surface area (Å²) in [7, 11) is 0. The van der Waals surface area contributed by atoms with Gasteiger partial charge in [-0.1, -0.05) is 13.3 Å². The molecule has 1 rings (SSSR count). The minimum atomic E-state index is 0.973. The average Bonchev–Trinajstić information content (AvgIpc) is 1.86. The molecule has 1 saturated carbocycles. The van der Waals surface area contributed by atoms with Gasteiger partial charge in [0.05, 0.1) is 0 Å². The molecule has 0 heterocycles. The van der Waals surface area contributed by atoms with Gasteiger partial charge >= 0.3 is 0 Å². The fraction of sp³-hybridized carbons (Fsp3) is 0.800. The summed E-state index contributed by atoms with van der Waals surface area (Å²) in [5.41, 5.74) is 0. The summed E-state index contributed by atoms with van der Waals surface area (Å²) < 4.78 is 0. The smallest absolute Gasteiger partial charge is 0.00886 e. The zero-order valence-electron chi connectivity index (χ0n) is 6.77. The molecular formula is C10H16. The molecule has 0 radical (unpaired) electrons. The van der Waals surface area contributed by atoms with Gasteiger partial charge in [0.25, 0.3) is 0 Å². The maximum atomic E-state index is 5.17. The molecule has 0 unspecified atom stereocenters. The molecule has 0 aliphatic heterocycles. The maximum Gasteiger partial charge on any atom is 0.00886 e. The van der Waals surface area contributed by atoms with Crippen LogP contribution in [-0.4, -0.2) is 0 Å². The van der Waals surface area contributed by atoms with E-state index in [2.05, 4.69) is 12.8 Å². The summed E-state index contributed by atoms with van der Waals surface area (Å²) in [5, 5.41) is 0. The second-order valence-corrected chi connectivity index (χ2v) is 3.35. The molecule has 0 N–H and O–H groups in total. The molecule has 1 aliphatic carbocycles. The van der Waals surface area contributed by atoms with E-state index < -0.39 is 0 Å². The summed E-state index contributed by atoms with van der Waals surface area (Å²) in [6.45, 7) is 2.28. The Hall–Kier alpha value is -0.440. The molecule has 0 bridgehead atoms. The number of hydrogen-bond acceptors (Lipinski definition) is 0. The Bertz CT molecular complexity index is 123. The first kappa shape index (κ1) is 7.66. The van der Waals surface area contributed by atoms with Crippen molar-refractivity contribution in [1.82, 2.24) is 0 Å². The van der Waals surface area contributed by atoms with Crippen LogP contribution >= 0.6 is 0 Å². The van der Waals surface area contributed by atoms with Crippen LogP contribution in [0.3, 0.4) is 0 Å². The first-order valence-corrected chi connectivity index (χ1v) is 4.30. The van der Waals surface area contributed by atoms with Crippen molar-refractivity contribution in [1.29, 1.82) is 0 Å². The molecule has 0 aromatic heterocycles. The van der Waals surface area contributed by atoms with Gasteiger partial charge in [-0.15, -0.1) is 12.3 Å². The molecule has 10 heavy (non-hydrogen) atoms. The monoisotopic (exact) mass is 136 g/mol. The van der Waals surface area contributed by atoms with E-state index in [9.17, 15) is 0 Å². The van der Waals surface area contributed by atoms with Crippen LogP contribution in [0.15, 0.2) is 0 Å². The zero-order valence-corrected chi connectivity index (χ0v) is 6.77. The summed E-state index contributed by atoms with van der Waals surface area (Å²) >= 11 is 0. The van der Waals surface area contributed by atoms with Crippen molar-refractivity contribution < 1.29 is 0 Å². The van der Waals surface area contributed by atoms with Gasteiger partial charge in [-0.2, -0.15) is 0 Å².